The molecule has 0 rings (SSSR count). The molecule has 0 aromatic heterocycles. The number of terminal acetylenes is 1. The van der Waals surface area contributed by atoms with E-state index < -0.39 is 0 Å². The van der Waals surface area contributed by atoms with Crippen LogP contribution in [-0.2, 0) is 14.7 Å². The van der Waals surface area contributed by atoms with E-state index in [0.29, 0.717) is 0 Å². The van der Waals surface area contributed by atoms with Gasteiger partial charge in [0.05, 0.1) is 0 Å². The molecule has 0 aromatic rings. The van der Waals surface area contributed by atoms with Gasteiger partial charge in [0, 0.05) is 0 Å². The molecule has 0 amide bonds. The van der Waals surface area contributed by atoms with E-state index in [-0.39, 0.29) is 4.35 Å². The van der Waals surface area contributed by atoms with Crippen LogP contribution in [0.3, 0.4) is 0 Å². The van der Waals surface area contributed by atoms with Crippen LogP contribution < -0.4 is 0 Å². The van der Waals surface area contributed by atoms with Crippen LogP contribution >= 0.6 is 0 Å². The molecular formula is C6H10Co. The standard InChI is InChI=1S/C4H9.C2H.Co/c1-4(2)3;1-2;/h1-3H3;1H;. The number of rotatable bonds is 0. The molecule has 0 aliphatic heterocycles. The summed E-state index contributed by atoms with van der Waals surface area (Å²) in [4.78, 5) is 2.58. The summed E-state index contributed by atoms with van der Waals surface area (Å²) in [6.45, 7) is 6.35. The maximum atomic E-state index is 5.05. The molecule has 1 heteroatoms. The van der Waals surface area contributed by atoms with Crippen molar-refractivity contribution in [3.05, 3.63) is 0 Å². The topological polar surface area (TPSA) is 0 Å². The monoisotopic (exact) mass is 141 g/mol. The Morgan fingerprint density at radius 1 is 1.43 bits per heavy atom. The van der Waals surface area contributed by atoms with E-state index in [2.05, 4.69) is 25.6 Å². The van der Waals surface area contributed by atoms with Crippen molar-refractivity contribution in [2.45, 2.75) is 25.1 Å². The number of hydrogen-bond acceptors (Lipinski definition) is 0. The summed E-state index contributed by atoms with van der Waals surface area (Å²) < 4.78 is 0.283. The van der Waals surface area contributed by atoms with Gasteiger partial charge in [0.25, 0.3) is 0 Å². The van der Waals surface area contributed by atoms with Crippen LogP contribution in [0.1, 0.15) is 20.8 Å². The molecule has 0 nitrogen and oxygen atoms in total. The van der Waals surface area contributed by atoms with Gasteiger partial charge in [0.15, 0.2) is 0 Å². The van der Waals surface area contributed by atoms with Crippen LogP contribution in [-0.4, -0.2) is 0 Å². The molecule has 0 aliphatic rings. The second-order valence-corrected chi connectivity index (χ2v) is 4.30. The Morgan fingerprint density at radius 2 is 1.86 bits per heavy atom. The van der Waals surface area contributed by atoms with Gasteiger partial charge in [-0.25, -0.2) is 0 Å². The minimum atomic E-state index is 0.283. The first-order valence-corrected chi connectivity index (χ1v) is 3.16. The van der Waals surface area contributed by atoms with Crippen molar-refractivity contribution in [1.82, 2.24) is 0 Å². The van der Waals surface area contributed by atoms with Crippen LogP contribution in [0.2, 0.25) is 4.35 Å². The third-order valence-corrected chi connectivity index (χ3v) is 1.23. The summed E-state index contributed by atoms with van der Waals surface area (Å²) in [5.41, 5.74) is 0. The zero-order valence-electron chi connectivity index (χ0n) is 4.91. The SMILES string of the molecule is C#[C][Co][C](C)(C)C. The first-order valence-electron chi connectivity index (χ1n) is 2.12. The fraction of sp³-hybridized carbons (Fsp3) is 0.667. The van der Waals surface area contributed by atoms with Gasteiger partial charge < -0.3 is 0 Å². The average Bonchev–Trinajstić information content (AvgIpc) is 1.30. The second kappa shape index (κ2) is 2.39. The molecule has 0 bridgehead atoms. The van der Waals surface area contributed by atoms with Crippen molar-refractivity contribution in [3.8, 4) is 11.3 Å². The predicted octanol–water partition coefficient (Wildman–Crippen LogP) is 1.88. The van der Waals surface area contributed by atoms with Gasteiger partial charge in [-0.2, -0.15) is 0 Å². The fourth-order valence-corrected chi connectivity index (χ4v) is 0.595. The summed E-state index contributed by atoms with van der Waals surface area (Å²) >= 11 is 1.11. The van der Waals surface area contributed by atoms with Gasteiger partial charge in [-0.3, -0.25) is 0 Å². The summed E-state index contributed by atoms with van der Waals surface area (Å²) in [5.74, 6) is 0. The molecule has 0 saturated heterocycles. The van der Waals surface area contributed by atoms with Crippen molar-refractivity contribution in [3.63, 3.8) is 0 Å². The molecule has 0 radical (unpaired) electrons. The third kappa shape index (κ3) is 6.07. The van der Waals surface area contributed by atoms with Crippen LogP contribution in [0, 0.1) is 11.3 Å². The van der Waals surface area contributed by atoms with Gasteiger partial charge in [0.2, 0.25) is 0 Å². The maximum absolute atomic E-state index is 5.05. The van der Waals surface area contributed by atoms with Crippen molar-refractivity contribution < 1.29 is 14.7 Å². The fourth-order valence-electron chi connectivity index (χ4n) is 0.144. The van der Waals surface area contributed by atoms with Crippen molar-refractivity contribution in [2.75, 3.05) is 0 Å². The van der Waals surface area contributed by atoms with Gasteiger partial charge >= 0.3 is 51.1 Å². The molecule has 7 heavy (non-hydrogen) atoms. The van der Waals surface area contributed by atoms with E-state index >= 15 is 0 Å². The van der Waals surface area contributed by atoms with Crippen molar-refractivity contribution in [2.24, 2.45) is 0 Å². The molecule has 0 aliphatic carbocycles. The Hall–Kier alpha value is 0.0665. The normalized spacial score (nSPS) is 11.1. The summed E-state index contributed by atoms with van der Waals surface area (Å²) in [6, 6.07) is 0. The van der Waals surface area contributed by atoms with E-state index in [4.69, 9.17) is 6.42 Å². The summed E-state index contributed by atoms with van der Waals surface area (Å²) in [7, 11) is 0. The van der Waals surface area contributed by atoms with Crippen LogP contribution in [0.15, 0.2) is 0 Å². The zero-order valence-corrected chi connectivity index (χ0v) is 5.95. The van der Waals surface area contributed by atoms with Crippen molar-refractivity contribution >= 4 is 0 Å². The minimum absolute atomic E-state index is 0.283. The van der Waals surface area contributed by atoms with Gasteiger partial charge in [-0.05, 0) is 0 Å². The Labute approximate surface area is 51.7 Å². The predicted molar refractivity (Wildman–Crippen MR) is 28.5 cm³/mol. The molecule has 0 atom stereocenters. The first kappa shape index (κ1) is 7.07. The van der Waals surface area contributed by atoms with Gasteiger partial charge in [-0.15, -0.1) is 0 Å². The van der Waals surface area contributed by atoms with Crippen LogP contribution in [0.25, 0.3) is 0 Å². The first-order chi connectivity index (χ1) is 3.06. The van der Waals surface area contributed by atoms with Crippen LogP contribution in [0.5, 0.6) is 0 Å². The van der Waals surface area contributed by atoms with E-state index in [1.54, 1.807) is 0 Å². The molecule has 0 aromatic carbocycles. The summed E-state index contributed by atoms with van der Waals surface area (Å²) in [5, 5.41) is 0. The summed E-state index contributed by atoms with van der Waals surface area (Å²) in [6.07, 6.45) is 5.05. The molecule has 0 fully saturated rings. The van der Waals surface area contributed by atoms with Crippen LogP contribution in [0.4, 0.5) is 0 Å². The van der Waals surface area contributed by atoms with Gasteiger partial charge in [-0.1, -0.05) is 0 Å². The van der Waals surface area contributed by atoms with E-state index in [0.717, 1.165) is 14.7 Å². The van der Waals surface area contributed by atoms with E-state index in [1.807, 2.05) is 0 Å². The quantitative estimate of drug-likeness (QED) is 0.452. The Bertz CT molecular complexity index is 81.3. The molecule has 43 valence electrons. The molecule has 0 spiro atoms. The Morgan fingerprint density at radius 3 is 1.86 bits per heavy atom. The molecule has 0 N–H and O–H groups in total. The second-order valence-electron chi connectivity index (χ2n) is 2.18. The number of hydrogen-bond donors (Lipinski definition) is 0. The molecule has 0 heterocycles. The molecular weight excluding hydrogens is 131 g/mol. The van der Waals surface area contributed by atoms with E-state index in [1.165, 1.54) is 0 Å². The van der Waals surface area contributed by atoms with Crippen molar-refractivity contribution in [1.29, 1.82) is 0 Å². The zero-order chi connectivity index (χ0) is 5.91. The Kier molecular flexibility index (Phi) is 2.42. The van der Waals surface area contributed by atoms with Gasteiger partial charge in [0.1, 0.15) is 0 Å². The molecule has 0 saturated carbocycles. The third-order valence-electron chi connectivity index (χ3n) is 0.298. The van der Waals surface area contributed by atoms with E-state index in [9.17, 15) is 0 Å². The molecule has 0 unspecified atom stereocenters. The Balaban J connectivity index is 3.40. The average molecular weight is 141 g/mol.